The zero-order valence-electron chi connectivity index (χ0n) is 12.6. The lowest BCUT2D eigenvalue weighted by Crippen LogP contribution is -2.52. The lowest BCUT2D eigenvalue weighted by atomic mass is 9.94. The molecule has 0 bridgehead atoms. The maximum Gasteiger partial charge on any atom is 0.325 e. The molecule has 0 saturated heterocycles. The normalized spacial score (nSPS) is 14.2. The van der Waals surface area contributed by atoms with E-state index in [-0.39, 0.29) is 12.0 Å². The highest BCUT2D eigenvalue weighted by Gasteiger charge is 2.33. The predicted octanol–water partition coefficient (Wildman–Crippen LogP) is 2.87. The molecule has 0 aliphatic heterocycles. The van der Waals surface area contributed by atoms with Gasteiger partial charge in [0.1, 0.15) is 11.8 Å². The van der Waals surface area contributed by atoms with Crippen molar-refractivity contribution in [2.75, 3.05) is 12.9 Å². The fourth-order valence-corrected chi connectivity index (χ4v) is 2.90. The van der Waals surface area contributed by atoms with Gasteiger partial charge in [-0.1, -0.05) is 18.2 Å². The van der Waals surface area contributed by atoms with Gasteiger partial charge in [0.05, 0.1) is 13.3 Å². The van der Waals surface area contributed by atoms with Crippen LogP contribution in [-0.2, 0) is 9.53 Å². The molecule has 1 heterocycles. The van der Waals surface area contributed by atoms with Crippen molar-refractivity contribution in [2.45, 2.75) is 56.8 Å². The summed E-state index contributed by atoms with van der Waals surface area (Å²) < 4.78 is 10.1. The molecule has 20 heavy (non-hydrogen) atoms. The number of esters is 1. The largest absolute Gasteiger partial charge is 0.468 e. The number of hydrogen-bond acceptors (Lipinski definition) is 6. The van der Waals surface area contributed by atoms with Gasteiger partial charge in [0.2, 0.25) is 0 Å². The molecule has 0 fully saturated rings. The van der Waals surface area contributed by atoms with Gasteiger partial charge in [-0.2, -0.15) is 0 Å². The van der Waals surface area contributed by atoms with Crippen molar-refractivity contribution in [2.24, 2.45) is 0 Å². The SMILES string of the molecule is COC(=O)C(C)(CCCCSc1ncco1)NC(C)C. The number of thioether (sulfide) groups is 1. The Balaban J connectivity index is 2.33. The molecule has 0 aliphatic carbocycles. The van der Waals surface area contributed by atoms with E-state index in [0.717, 1.165) is 25.0 Å². The van der Waals surface area contributed by atoms with Crippen molar-refractivity contribution in [3.05, 3.63) is 12.5 Å². The van der Waals surface area contributed by atoms with Crippen LogP contribution >= 0.6 is 11.8 Å². The van der Waals surface area contributed by atoms with Gasteiger partial charge in [-0.05, 0) is 33.6 Å². The number of ether oxygens (including phenoxy) is 1. The first kappa shape index (κ1) is 17.0. The van der Waals surface area contributed by atoms with Crippen molar-refractivity contribution >= 4 is 17.7 Å². The quantitative estimate of drug-likeness (QED) is 0.430. The molecule has 1 atom stereocenters. The topological polar surface area (TPSA) is 64.4 Å². The highest BCUT2D eigenvalue weighted by Crippen LogP contribution is 2.20. The first-order valence-corrected chi connectivity index (χ1v) is 7.85. The number of carbonyl (C=O) groups is 1. The van der Waals surface area contributed by atoms with E-state index >= 15 is 0 Å². The van der Waals surface area contributed by atoms with E-state index in [1.54, 1.807) is 24.2 Å². The molecule has 114 valence electrons. The first-order chi connectivity index (χ1) is 9.48. The maximum atomic E-state index is 11.9. The van der Waals surface area contributed by atoms with Crippen molar-refractivity contribution in [3.8, 4) is 0 Å². The Morgan fingerprint density at radius 3 is 2.85 bits per heavy atom. The van der Waals surface area contributed by atoms with Crippen LogP contribution in [0, 0.1) is 0 Å². The van der Waals surface area contributed by atoms with Crippen LogP contribution in [0.2, 0.25) is 0 Å². The predicted molar refractivity (Wildman–Crippen MR) is 79.8 cm³/mol. The second-order valence-corrected chi connectivity index (χ2v) is 6.27. The van der Waals surface area contributed by atoms with Gasteiger partial charge in [0.25, 0.3) is 5.22 Å². The van der Waals surface area contributed by atoms with Crippen LogP contribution in [0.5, 0.6) is 0 Å². The maximum absolute atomic E-state index is 11.9. The summed E-state index contributed by atoms with van der Waals surface area (Å²) in [5, 5.41) is 3.99. The molecule has 0 radical (unpaired) electrons. The number of hydrogen-bond donors (Lipinski definition) is 1. The standard InChI is InChI=1S/C14H24N2O3S/c1-11(2)16-14(3,12(17)18-4)7-5-6-10-20-13-15-8-9-19-13/h8-9,11,16H,5-7,10H2,1-4H3. The second-order valence-electron chi connectivity index (χ2n) is 5.23. The molecule has 1 unspecified atom stereocenters. The summed E-state index contributed by atoms with van der Waals surface area (Å²) in [6.07, 6.45) is 5.91. The van der Waals surface area contributed by atoms with E-state index in [9.17, 15) is 4.79 Å². The van der Waals surface area contributed by atoms with Crippen LogP contribution in [-0.4, -0.2) is 35.4 Å². The molecule has 0 amide bonds. The van der Waals surface area contributed by atoms with E-state index in [4.69, 9.17) is 9.15 Å². The molecule has 0 saturated carbocycles. The van der Waals surface area contributed by atoms with E-state index in [0.29, 0.717) is 5.22 Å². The molecular formula is C14H24N2O3S. The summed E-state index contributed by atoms with van der Waals surface area (Å²) in [6, 6.07) is 0.237. The number of oxazole rings is 1. The Labute approximate surface area is 124 Å². The van der Waals surface area contributed by atoms with E-state index in [1.807, 2.05) is 20.8 Å². The fraction of sp³-hybridized carbons (Fsp3) is 0.714. The lowest BCUT2D eigenvalue weighted by Gasteiger charge is -2.30. The Morgan fingerprint density at radius 2 is 2.30 bits per heavy atom. The summed E-state index contributed by atoms with van der Waals surface area (Å²) in [5.74, 6) is 0.728. The Bertz CT molecular complexity index is 395. The van der Waals surface area contributed by atoms with Crippen molar-refractivity contribution in [1.82, 2.24) is 10.3 Å². The molecule has 1 aromatic heterocycles. The van der Waals surface area contributed by atoms with Crippen molar-refractivity contribution in [1.29, 1.82) is 0 Å². The van der Waals surface area contributed by atoms with Crippen LogP contribution in [0.1, 0.15) is 40.0 Å². The van der Waals surface area contributed by atoms with Crippen LogP contribution < -0.4 is 5.32 Å². The third-order valence-electron chi connectivity index (χ3n) is 2.95. The number of aromatic nitrogens is 1. The van der Waals surface area contributed by atoms with Crippen LogP contribution in [0.3, 0.4) is 0 Å². The van der Waals surface area contributed by atoms with Crippen LogP contribution in [0.25, 0.3) is 0 Å². The van der Waals surface area contributed by atoms with Crippen molar-refractivity contribution in [3.63, 3.8) is 0 Å². The van der Waals surface area contributed by atoms with Gasteiger partial charge in [-0.3, -0.25) is 10.1 Å². The molecule has 0 aromatic carbocycles. The Hall–Kier alpha value is -1.01. The fourth-order valence-electron chi connectivity index (χ4n) is 2.12. The number of carbonyl (C=O) groups excluding carboxylic acids is 1. The molecule has 0 spiro atoms. The number of rotatable bonds is 9. The highest BCUT2D eigenvalue weighted by molar-refractivity contribution is 7.99. The van der Waals surface area contributed by atoms with E-state index < -0.39 is 5.54 Å². The number of unbranched alkanes of at least 4 members (excludes halogenated alkanes) is 1. The van der Waals surface area contributed by atoms with Crippen LogP contribution in [0.4, 0.5) is 0 Å². The zero-order valence-corrected chi connectivity index (χ0v) is 13.5. The molecule has 1 N–H and O–H groups in total. The third kappa shape index (κ3) is 5.54. The molecule has 6 heteroatoms. The summed E-state index contributed by atoms with van der Waals surface area (Å²) in [4.78, 5) is 16.0. The molecule has 5 nitrogen and oxygen atoms in total. The monoisotopic (exact) mass is 300 g/mol. The third-order valence-corrected chi connectivity index (χ3v) is 3.89. The van der Waals surface area contributed by atoms with Gasteiger partial charge in [-0.25, -0.2) is 4.98 Å². The van der Waals surface area contributed by atoms with E-state index in [1.165, 1.54) is 7.11 Å². The van der Waals surface area contributed by atoms with Gasteiger partial charge in [-0.15, -0.1) is 0 Å². The smallest absolute Gasteiger partial charge is 0.325 e. The molecule has 1 aromatic rings. The number of methoxy groups -OCH3 is 1. The minimum absolute atomic E-state index is 0.202. The average molecular weight is 300 g/mol. The van der Waals surface area contributed by atoms with E-state index in [2.05, 4.69) is 10.3 Å². The Morgan fingerprint density at radius 1 is 1.55 bits per heavy atom. The second kappa shape index (κ2) is 8.32. The first-order valence-electron chi connectivity index (χ1n) is 6.86. The molecular weight excluding hydrogens is 276 g/mol. The van der Waals surface area contributed by atoms with Gasteiger partial charge in [0, 0.05) is 11.8 Å². The minimum Gasteiger partial charge on any atom is -0.468 e. The molecule has 0 aliphatic rings. The molecule has 1 rings (SSSR count). The van der Waals surface area contributed by atoms with Crippen LogP contribution in [0.15, 0.2) is 22.1 Å². The lowest BCUT2D eigenvalue weighted by molar-refractivity contribution is -0.148. The highest BCUT2D eigenvalue weighted by atomic mass is 32.2. The summed E-state index contributed by atoms with van der Waals surface area (Å²) in [6.45, 7) is 5.96. The summed E-state index contributed by atoms with van der Waals surface area (Å²) in [7, 11) is 1.43. The minimum atomic E-state index is -0.615. The average Bonchev–Trinajstić information content (AvgIpc) is 2.89. The van der Waals surface area contributed by atoms with Gasteiger partial charge < -0.3 is 9.15 Å². The number of nitrogens with one attached hydrogen (secondary N) is 1. The Kier molecular flexibility index (Phi) is 7.09. The summed E-state index contributed by atoms with van der Waals surface area (Å²) in [5.41, 5.74) is -0.615. The van der Waals surface area contributed by atoms with Gasteiger partial charge >= 0.3 is 5.97 Å². The van der Waals surface area contributed by atoms with Gasteiger partial charge in [0.15, 0.2) is 0 Å². The zero-order chi connectivity index (χ0) is 15.0. The number of nitrogens with zero attached hydrogens (tertiary/aromatic N) is 1. The summed E-state index contributed by atoms with van der Waals surface area (Å²) >= 11 is 1.59. The van der Waals surface area contributed by atoms with Crippen molar-refractivity contribution < 1.29 is 13.9 Å².